The number of anilines is 1. The third-order valence-corrected chi connectivity index (χ3v) is 7.79. The van der Waals surface area contributed by atoms with Crippen LogP contribution in [0.25, 0.3) is 11.1 Å². The van der Waals surface area contributed by atoms with E-state index < -0.39 is 6.04 Å². The molecule has 3 amide bonds. The van der Waals surface area contributed by atoms with Gasteiger partial charge in [-0.1, -0.05) is 12.1 Å². The number of benzene rings is 3. The summed E-state index contributed by atoms with van der Waals surface area (Å²) in [6, 6.07) is 15.3. The van der Waals surface area contributed by atoms with Crippen LogP contribution in [0.5, 0.6) is 17.2 Å². The molecule has 1 fully saturated rings. The fourth-order valence-electron chi connectivity index (χ4n) is 5.12. The first kappa shape index (κ1) is 24.2. The van der Waals surface area contributed by atoms with Gasteiger partial charge in [0.25, 0.3) is 11.8 Å². The topological polar surface area (TPSA) is 106 Å². The van der Waals surface area contributed by atoms with Crippen molar-refractivity contribution >= 4 is 35.2 Å². The van der Waals surface area contributed by atoms with Crippen molar-refractivity contribution in [1.29, 1.82) is 0 Å². The van der Waals surface area contributed by atoms with E-state index in [0.717, 1.165) is 16.0 Å². The Morgan fingerprint density at radius 2 is 1.84 bits per heavy atom. The first-order valence-electron chi connectivity index (χ1n) is 12.1. The third kappa shape index (κ3) is 4.20. The maximum absolute atomic E-state index is 13.7. The van der Waals surface area contributed by atoms with Gasteiger partial charge in [-0.3, -0.25) is 14.4 Å². The predicted molar refractivity (Wildman–Crippen MR) is 142 cm³/mol. The Morgan fingerprint density at radius 3 is 2.66 bits per heavy atom. The molecule has 2 N–H and O–H groups in total. The first-order chi connectivity index (χ1) is 18.4. The molecule has 0 spiro atoms. The third-order valence-electron chi connectivity index (χ3n) is 7.07. The number of ether oxygens (including phenoxy) is 3. The number of carbonyl (C=O) groups excluding carboxylic acids is 3. The van der Waals surface area contributed by atoms with Crippen molar-refractivity contribution in [3.05, 3.63) is 65.7 Å². The second-order valence-electron chi connectivity index (χ2n) is 9.26. The maximum atomic E-state index is 13.7. The lowest BCUT2D eigenvalue weighted by Gasteiger charge is -2.20. The summed E-state index contributed by atoms with van der Waals surface area (Å²) < 4.78 is 16.3. The van der Waals surface area contributed by atoms with Crippen LogP contribution in [0.1, 0.15) is 27.1 Å². The highest BCUT2D eigenvalue weighted by Gasteiger charge is 2.43. The molecule has 2 atom stereocenters. The van der Waals surface area contributed by atoms with E-state index in [1.54, 1.807) is 34.9 Å². The summed E-state index contributed by atoms with van der Waals surface area (Å²) in [6.07, 6.45) is 2.27. The van der Waals surface area contributed by atoms with Gasteiger partial charge in [-0.2, -0.15) is 0 Å². The Kier molecular flexibility index (Phi) is 6.11. The lowest BCUT2D eigenvalue weighted by Crippen LogP contribution is -2.41. The van der Waals surface area contributed by atoms with Gasteiger partial charge < -0.3 is 29.7 Å². The van der Waals surface area contributed by atoms with Crippen LogP contribution in [0, 0.1) is 0 Å². The van der Waals surface area contributed by atoms with E-state index >= 15 is 0 Å². The minimum atomic E-state index is -0.685. The average molecular weight is 532 g/mol. The first-order valence-corrected chi connectivity index (χ1v) is 13.4. The molecule has 0 saturated carbocycles. The molecule has 3 aromatic rings. The number of rotatable bonds is 5. The van der Waals surface area contributed by atoms with Crippen molar-refractivity contribution in [3.8, 4) is 28.4 Å². The number of methoxy groups -OCH3 is 1. The molecular weight excluding hydrogens is 506 g/mol. The Morgan fingerprint density at radius 1 is 1.05 bits per heavy atom. The van der Waals surface area contributed by atoms with Gasteiger partial charge in [-0.15, -0.1) is 11.8 Å². The normalized spacial score (nSPS) is 19.4. The number of hydrogen-bond acceptors (Lipinski definition) is 7. The summed E-state index contributed by atoms with van der Waals surface area (Å²) in [4.78, 5) is 42.4. The number of thioether (sulfide) groups is 1. The summed E-state index contributed by atoms with van der Waals surface area (Å²) in [5.74, 6) is 0.958. The fraction of sp³-hybridized carbons (Fsp3) is 0.250. The van der Waals surface area contributed by atoms with E-state index in [4.69, 9.17) is 14.2 Å². The number of nitrogens with zero attached hydrogens (tertiary/aromatic N) is 1. The lowest BCUT2D eigenvalue weighted by molar-refractivity contribution is -0.119. The zero-order valence-electron chi connectivity index (χ0n) is 20.8. The quantitative estimate of drug-likeness (QED) is 0.483. The molecule has 9 nitrogen and oxygen atoms in total. The van der Waals surface area contributed by atoms with Crippen molar-refractivity contribution in [2.45, 2.75) is 23.4 Å². The second-order valence-corrected chi connectivity index (χ2v) is 10.1. The van der Waals surface area contributed by atoms with Gasteiger partial charge in [0.05, 0.1) is 23.9 Å². The molecule has 0 aliphatic carbocycles. The number of hydrogen-bond donors (Lipinski definition) is 2. The van der Waals surface area contributed by atoms with E-state index in [2.05, 4.69) is 10.6 Å². The fourth-order valence-corrected chi connectivity index (χ4v) is 5.55. The summed E-state index contributed by atoms with van der Waals surface area (Å²) in [7, 11) is 1.52. The molecule has 194 valence electrons. The highest BCUT2D eigenvalue weighted by atomic mass is 32.2. The molecular formula is C28H25N3O6S. The number of amides is 3. The summed E-state index contributed by atoms with van der Waals surface area (Å²) in [6.45, 7) is 0.402. The summed E-state index contributed by atoms with van der Waals surface area (Å²) in [5, 5.41) is 5.88. The molecule has 3 aliphatic heterocycles. The largest absolute Gasteiger partial charge is 0.496 e. The molecule has 0 bridgehead atoms. The average Bonchev–Trinajstić information content (AvgIpc) is 3.57. The molecule has 10 heteroatoms. The van der Waals surface area contributed by atoms with Crippen LogP contribution in [0.3, 0.4) is 0 Å². The minimum absolute atomic E-state index is 0.178. The lowest BCUT2D eigenvalue weighted by atomic mass is 10.0. The van der Waals surface area contributed by atoms with Crippen LogP contribution in [-0.4, -0.2) is 61.4 Å². The number of carbonyl (C=O) groups is 3. The Hall–Kier alpha value is -4.18. The van der Waals surface area contributed by atoms with E-state index in [9.17, 15) is 14.4 Å². The monoisotopic (exact) mass is 531 g/mol. The van der Waals surface area contributed by atoms with Crippen LogP contribution in [0.4, 0.5) is 5.69 Å². The highest BCUT2D eigenvalue weighted by Crippen LogP contribution is 2.38. The zero-order chi connectivity index (χ0) is 26.4. The summed E-state index contributed by atoms with van der Waals surface area (Å²) >= 11 is 1.55. The Bertz CT molecular complexity index is 1470. The van der Waals surface area contributed by atoms with Gasteiger partial charge in [0.2, 0.25) is 12.7 Å². The molecule has 0 radical (unpaired) electrons. The van der Waals surface area contributed by atoms with Gasteiger partial charge in [-0.05, 0) is 66.3 Å². The highest BCUT2D eigenvalue weighted by molar-refractivity contribution is 7.98. The Labute approximate surface area is 223 Å². The van der Waals surface area contributed by atoms with Gasteiger partial charge in [0, 0.05) is 17.5 Å². The van der Waals surface area contributed by atoms with Crippen molar-refractivity contribution in [3.63, 3.8) is 0 Å². The maximum Gasteiger partial charge on any atom is 0.256 e. The van der Waals surface area contributed by atoms with Crippen molar-refractivity contribution in [2.24, 2.45) is 0 Å². The predicted octanol–water partition coefficient (Wildman–Crippen LogP) is 3.78. The van der Waals surface area contributed by atoms with Gasteiger partial charge in [-0.25, -0.2) is 0 Å². The van der Waals surface area contributed by atoms with Crippen molar-refractivity contribution in [2.75, 3.05) is 32.0 Å². The van der Waals surface area contributed by atoms with E-state index in [1.165, 1.54) is 7.11 Å². The SMILES string of the molecule is COc1cc(SC)ccc1C(=O)NC1CC2C(=O)Nc3ccc(-c4ccc5c(c4)OCO5)cc3C(=O)N2C1. The van der Waals surface area contributed by atoms with Crippen LogP contribution in [0.15, 0.2) is 59.5 Å². The number of nitrogens with one attached hydrogen (secondary N) is 2. The van der Waals surface area contributed by atoms with E-state index in [0.29, 0.717) is 40.5 Å². The van der Waals surface area contributed by atoms with Crippen LogP contribution >= 0.6 is 11.8 Å². The van der Waals surface area contributed by atoms with E-state index in [1.807, 2.05) is 42.7 Å². The number of fused-ring (bicyclic) bond motifs is 3. The summed E-state index contributed by atoms with van der Waals surface area (Å²) in [5.41, 5.74) is 2.95. The van der Waals surface area contributed by atoms with Crippen LogP contribution in [-0.2, 0) is 4.79 Å². The van der Waals surface area contributed by atoms with Crippen molar-refractivity contribution in [1.82, 2.24) is 10.2 Å². The molecule has 2 unspecified atom stereocenters. The minimum Gasteiger partial charge on any atom is -0.496 e. The van der Waals surface area contributed by atoms with Gasteiger partial charge in [0.15, 0.2) is 11.5 Å². The Balaban J connectivity index is 1.23. The smallest absolute Gasteiger partial charge is 0.256 e. The standard InChI is InChI=1S/C28H25N3O6S/c1-35-24-12-18(38-2)5-6-19(24)26(32)29-17-11-22-27(33)30-21-7-3-15(9-20(21)28(34)31(22)13-17)16-4-8-23-25(10-16)37-14-36-23/h3-10,12,17,22H,11,13-14H2,1-2H3,(H,29,32)(H,30,33). The van der Waals surface area contributed by atoms with Gasteiger partial charge >= 0.3 is 0 Å². The molecule has 38 heavy (non-hydrogen) atoms. The zero-order valence-corrected chi connectivity index (χ0v) is 21.6. The molecule has 1 saturated heterocycles. The van der Waals surface area contributed by atoms with Gasteiger partial charge in [0.1, 0.15) is 11.8 Å². The molecule has 6 rings (SSSR count). The van der Waals surface area contributed by atoms with Crippen LogP contribution < -0.4 is 24.8 Å². The van der Waals surface area contributed by atoms with Crippen molar-refractivity contribution < 1.29 is 28.6 Å². The van der Waals surface area contributed by atoms with E-state index in [-0.39, 0.29) is 37.1 Å². The molecule has 0 aromatic heterocycles. The molecule has 3 aromatic carbocycles. The van der Waals surface area contributed by atoms with Crippen LogP contribution in [0.2, 0.25) is 0 Å². The second kappa shape index (κ2) is 9.60. The molecule has 3 heterocycles. The molecule has 3 aliphatic rings.